The molecule has 8 nitrogen and oxygen atoms in total. The van der Waals surface area contributed by atoms with Crippen LogP contribution in [0.3, 0.4) is 0 Å². The highest BCUT2D eigenvalue weighted by Crippen LogP contribution is 2.43. The lowest BCUT2D eigenvalue weighted by Crippen LogP contribution is -2.29. The average Bonchev–Trinajstić information content (AvgIpc) is 3.48. The first-order chi connectivity index (χ1) is 15.9. The molecule has 0 saturated carbocycles. The van der Waals surface area contributed by atoms with E-state index in [0.717, 1.165) is 11.3 Å². The number of anilines is 1. The van der Waals surface area contributed by atoms with E-state index < -0.39 is 17.7 Å². The Morgan fingerprint density at radius 2 is 1.94 bits per heavy atom. The topological polar surface area (TPSA) is 102 Å². The molecule has 3 heterocycles. The van der Waals surface area contributed by atoms with Crippen molar-refractivity contribution in [1.82, 2.24) is 10.2 Å². The molecule has 0 unspecified atom stereocenters. The summed E-state index contributed by atoms with van der Waals surface area (Å²) in [5, 5.41) is 20.3. The molecular formula is C24H21N3O5S. The van der Waals surface area contributed by atoms with Crippen LogP contribution in [0.4, 0.5) is 5.13 Å². The number of nitrogens with zero attached hydrogens (tertiary/aromatic N) is 3. The number of aliphatic hydroxyl groups is 1. The third-order valence-corrected chi connectivity index (χ3v) is 6.60. The van der Waals surface area contributed by atoms with E-state index in [0.29, 0.717) is 33.4 Å². The highest BCUT2D eigenvalue weighted by Gasteiger charge is 2.48. The van der Waals surface area contributed by atoms with Crippen molar-refractivity contribution in [2.45, 2.75) is 32.4 Å². The van der Waals surface area contributed by atoms with Crippen LogP contribution >= 0.6 is 11.3 Å². The number of aliphatic hydroxyl groups excluding tert-OH is 1. The molecule has 2 aliphatic rings. The van der Waals surface area contributed by atoms with Crippen molar-refractivity contribution >= 4 is 33.9 Å². The summed E-state index contributed by atoms with van der Waals surface area (Å²) in [6, 6.07) is 11.4. The SMILES string of the molecule is COc1ccc([C@H]2C(=C(O)c3ccc4c(c3)C[C@H](C)O4)C(=O)C(=O)N2c2nnc(C)s2)cc1. The Balaban J connectivity index is 1.67. The number of benzene rings is 2. The number of hydrogen-bond donors (Lipinski definition) is 1. The van der Waals surface area contributed by atoms with Crippen LogP contribution in [0.2, 0.25) is 0 Å². The summed E-state index contributed by atoms with van der Waals surface area (Å²) >= 11 is 1.21. The molecule has 3 aromatic rings. The van der Waals surface area contributed by atoms with Gasteiger partial charge in [-0.25, -0.2) is 0 Å². The van der Waals surface area contributed by atoms with Gasteiger partial charge < -0.3 is 14.6 Å². The monoisotopic (exact) mass is 463 g/mol. The number of carbonyl (C=O) groups excluding carboxylic acids is 2. The number of amides is 1. The summed E-state index contributed by atoms with van der Waals surface area (Å²) in [6.45, 7) is 3.74. The van der Waals surface area contributed by atoms with Gasteiger partial charge >= 0.3 is 5.91 Å². The van der Waals surface area contributed by atoms with Crippen LogP contribution in [0.15, 0.2) is 48.0 Å². The third kappa shape index (κ3) is 3.54. The van der Waals surface area contributed by atoms with Gasteiger partial charge in [0.05, 0.1) is 18.7 Å². The Labute approximate surface area is 194 Å². The predicted octanol–water partition coefficient (Wildman–Crippen LogP) is 3.80. The molecule has 0 bridgehead atoms. The van der Waals surface area contributed by atoms with E-state index in [2.05, 4.69) is 10.2 Å². The molecular weight excluding hydrogens is 442 g/mol. The summed E-state index contributed by atoms with van der Waals surface area (Å²) in [5.41, 5.74) is 2.05. The van der Waals surface area contributed by atoms with E-state index in [1.54, 1.807) is 50.4 Å². The number of fused-ring (bicyclic) bond motifs is 1. The number of aromatic nitrogens is 2. The number of ketones is 1. The van der Waals surface area contributed by atoms with Gasteiger partial charge in [-0.05, 0) is 55.3 Å². The van der Waals surface area contributed by atoms with Crippen molar-refractivity contribution in [2.75, 3.05) is 12.0 Å². The number of methoxy groups -OCH3 is 1. The van der Waals surface area contributed by atoms with Crippen molar-refractivity contribution in [2.24, 2.45) is 0 Å². The second kappa shape index (κ2) is 8.00. The number of rotatable bonds is 4. The van der Waals surface area contributed by atoms with Crippen molar-refractivity contribution < 1.29 is 24.2 Å². The molecule has 0 radical (unpaired) electrons. The second-order valence-corrected chi connectivity index (χ2v) is 9.16. The van der Waals surface area contributed by atoms with Gasteiger partial charge in [0.25, 0.3) is 5.78 Å². The minimum Gasteiger partial charge on any atom is -0.507 e. The normalized spacial score (nSPS) is 21.2. The van der Waals surface area contributed by atoms with Crippen LogP contribution in [-0.2, 0) is 16.0 Å². The highest BCUT2D eigenvalue weighted by atomic mass is 32.1. The summed E-state index contributed by atoms with van der Waals surface area (Å²) in [5.74, 6) is -0.371. The van der Waals surface area contributed by atoms with Crippen LogP contribution in [0.25, 0.3) is 5.76 Å². The van der Waals surface area contributed by atoms with Gasteiger partial charge in [-0.1, -0.05) is 23.5 Å². The zero-order chi connectivity index (χ0) is 23.3. The number of Topliss-reactive ketones (excluding diaryl/α,β-unsaturated/α-hetero) is 1. The number of carbonyl (C=O) groups is 2. The Hall–Kier alpha value is -3.72. The van der Waals surface area contributed by atoms with Crippen LogP contribution in [0, 0.1) is 6.92 Å². The first-order valence-corrected chi connectivity index (χ1v) is 11.2. The van der Waals surface area contributed by atoms with E-state index in [4.69, 9.17) is 9.47 Å². The largest absolute Gasteiger partial charge is 0.507 e. The zero-order valence-electron chi connectivity index (χ0n) is 18.2. The van der Waals surface area contributed by atoms with Crippen LogP contribution in [0.5, 0.6) is 11.5 Å². The van der Waals surface area contributed by atoms with Crippen molar-refractivity contribution in [1.29, 1.82) is 0 Å². The maximum Gasteiger partial charge on any atom is 0.301 e. The lowest BCUT2D eigenvalue weighted by molar-refractivity contribution is -0.132. The molecule has 2 aliphatic heterocycles. The fourth-order valence-corrected chi connectivity index (χ4v) is 4.95. The van der Waals surface area contributed by atoms with E-state index in [-0.39, 0.29) is 17.4 Å². The smallest absolute Gasteiger partial charge is 0.301 e. The molecule has 1 fully saturated rings. The van der Waals surface area contributed by atoms with E-state index in [1.165, 1.54) is 16.2 Å². The molecule has 2 atom stereocenters. The Morgan fingerprint density at radius 3 is 2.61 bits per heavy atom. The molecule has 0 aliphatic carbocycles. The Bertz CT molecular complexity index is 1300. The maximum absolute atomic E-state index is 13.2. The van der Waals surface area contributed by atoms with Gasteiger partial charge in [0.2, 0.25) is 5.13 Å². The quantitative estimate of drug-likeness (QED) is 0.357. The van der Waals surface area contributed by atoms with Crippen molar-refractivity contribution in [3.05, 3.63) is 69.7 Å². The van der Waals surface area contributed by atoms with Gasteiger partial charge in [-0.3, -0.25) is 14.5 Å². The number of ether oxygens (including phenoxy) is 2. The van der Waals surface area contributed by atoms with Crippen LogP contribution < -0.4 is 14.4 Å². The summed E-state index contributed by atoms with van der Waals surface area (Å²) < 4.78 is 11.0. The van der Waals surface area contributed by atoms with Gasteiger partial charge in [-0.2, -0.15) is 0 Å². The molecule has 9 heteroatoms. The molecule has 0 spiro atoms. The zero-order valence-corrected chi connectivity index (χ0v) is 19.0. The van der Waals surface area contributed by atoms with E-state index in [1.807, 2.05) is 13.0 Å². The maximum atomic E-state index is 13.2. The molecule has 1 amide bonds. The second-order valence-electron chi connectivity index (χ2n) is 8.00. The first kappa shape index (κ1) is 21.1. The molecule has 5 rings (SSSR count). The van der Waals surface area contributed by atoms with Crippen molar-refractivity contribution in [3.8, 4) is 11.5 Å². The standard InChI is InChI=1S/C24H21N3O5S/c1-12-10-16-11-15(6-9-18(16)32-12)21(28)19-20(14-4-7-17(31-3)8-5-14)27(23(30)22(19)29)24-26-25-13(2)33-24/h4-9,11-12,20,28H,10H2,1-3H3/t12-,20-/m0/s1. The van der Waals surface area contributed by atoms with Gasteiger partial charge in [0, 0.05) is 12.0 Å². The molecule has 2 aromatic carbocycles. The molecule has 1 N–H and O–H groups in total. The minimum atomic E-state index is -0.855. The lowest BCUT2D eigenvalue weighted by atomic mass is 9.94. The molecule has 33 heavy (non-hydrogen) atoms. The van der Waals surface area contributed by atoms with Crippen molar-refractivity contribution in [3.63, 3.8) is 0 Å². The Morgan fingerprint density at radius 1 is 1.18 bits per heavy atom. The number of aryl methyl sites for hydroxylation is 1. The van der Waals surface area contributed by atoms with Gasteiger partial charge in [0.1, 0.15) is 28.4 Å². The van der Waals surface area contributed by atoms with E-state index >= 15 is 0 Å². The Kier molecular flexibility index (Phi) is 5.13. The lowest BCUT2D eigenvalue weighted by Gasteiger charge is -2.22. The van der Waals surface area contributed by atoms with Crippen LogP contribution in [0.1, 0.15) is 34.7 Å². The van der Waals surface area contributed by atoms with Crippen LogP contribution in [-0.4, -0.2) is 40.2 Å². The highest BCUT2D eigenvalue weighted by molar-refractivity contribution is 7.15. The summed E-state index contributed by atoms with van der Waals surface area (Å²) in [6.07, 6.45) is 0.749. The number of hydrogen-bond acceptors (Lipinski definition) is 8. The fraction of sp³-hybridized carbons (Fsp3) is 0.250. The van der Waals surface area contributed by atoms with E-state index in [9.17, 15) is 14.7 Å². The average molecular weight is 464 g/mol. The minimum absolute atomic E-state index is 0.00457. The van der Waals surface area contributed by atoms with Gasteiger partial charge in [-0.15, -0.1) is 10.2 Å². The predicted molar refractivity (Wildman–Crippen MR) is 123 cm³/mol. The molecule has 1 saturated heterocycles. The summed E-state index contributed by atoms with van der Waals surface area (Å²) in [7, 11) is 1.56. The third-order valence-electron chi connectivity index (χ3n) is 5.77. The summed E-state index contributed by atoms with van der Waals surface area (Å²) in [4.78, 5) is 27.6. The van der Waals surface area contributed by atoms with Gasteiger partial charge in [0.15, 0.2) is 0 Å². The fourth-order valence-electron chi connectivity index (χ4n) is 4.24. The molecule has 1 aromatic heterocycles. The first-order valence-electron chi connectivity index (χ1n) is 10.4. The molecule has 168 valence electrons.